The highest BCUT2D eigenvalue weighted by Crippen LogP contribution is 2.21. The summed E-state index contributed by atoms with van der Waals surface area (Å²) in [4.78, 5) is 0. The second kappa shape index (κ2) is 9.40. The molecule has 7 unspecified atom stereocenters. The largest absolute Gasteiger partial charge is 0.388 e. The SMILES string of the molecule is OC(COCC1CO1)C(OCC1CO1)C(O)C(OCC1CO1)OCC1CO1. The van der Waals surface area contributed by atoms with Crippen LogP contribution in [0.25, 0.3) is 0 Å². The van der Waals surface area contributed by atoms with E-state index >= 15 is 0 Å². The molecule has 27 heavy (non-hydrogen) atoms. The molecule has 4 rings (SSSR count). The maximum atomic E-state index is 10.8. The zero-order valence-corrected chi connectivity index (χ0v) is 15.1. The maximum Gasteiger partial charge on any atom is 0.186 e. The van der Waals surface area contributed by atoms with Gasteiger partial charge in [0.15, 0.2) is 6.29 Å². The van der Waals surface area contributed by atoms with Gasteiger partial charge in [0.2, 0.25) is 0 Å². The van der Waals surface area contributed by atoms with Crippen LogP contribution in [-0.4, -0.2) is 119 Å². The summed E-state index contributed by atoms with van der Waals surface area (Å²) in [5.74, 6) is 0. The first kappa shape index (κ1) is 19.9. The lowest BCUT2D eigenvalue weighted by molar-refractivity contribution is -0.239. The summed E-state index contributed by atoms with van der Waals surface area (Å²) in [6.07, 6.45) is -4.05. The molecule has 0 aromatic heterocycles. The van der Waals surface area contributed by atoms with E-state index in [4.69, 9.17) is 37.9 Å². The number of hydrogen-bond acceptors (Lipinski definition) is 10. The standard InChI is InChI=1S/C17H28O10/c18-14(9-20-1-10-2-21-10)16(25-6-11-3-22-11)15(19)17(26-7-12-4-23-12)27-8-13-5-24-13/h10-19H,1-9H2. The molecule has 7 atom stereocenters. The summed E-state index contributed by atoms with van der Waals surface area (Å²) in [6.45, 7) is 3.85. The second-order valence-electron chi connectivity index (χ2n) is 7.25. The predicted octanol–water partition coefficient (Wildman–Crippen LogP) is -1.94. The van der Waals surface area contributed by atoms with Crippen molar-refractivity contribution in [3.8, 4) is 0 Å². The van der Waals surface area contributed by atoms with Gasteiger partial charge < -0.3 is 48.1 Å². The molecule has 0 aromatic rings. The Bertz CT molecular complexity index is 433. The Kier molecular flexibility index (Phi) is 6.93. The Balaban J connectivity index is 1.30. The van der Waals surface area contributed by atoms with Crippen molar-refractivity contribution in [2.24, 2.45) is 0 Å². The Morgan fingerprint density at radius 1 is 0.704 bits per heavy atom. The number of ether oxygens (including phenoxy) is 8. The molecule has 10 heteroatoms. The highest BCUT2D eigenvalue weighted by atomic mass is 16.7. The van der Waals surface area contributed by atoms with E-state index in [2.05, 4.69) is 0 Å². The molecule has 0 amide bonds. The third kappa shape index (κ3) is 7.17. The highest BCUT2D eigenvalue weighted by Gasteiger charge is 2.39. The summed E-state index contributed by atoms with van der Waals surface area (Å²) in [6, 6.07) is 0. The maximum absolute atomic E-state index is 10.8. The monoisotopic (exact) mass is 392 g/mol. The van der Waals surface area contributed by atoms with Gasteiger partial charge in [-0.2, -0.15) is 0 Å². The zero-order chi connectivity index (χ0) is 18.6. The lowest BCUT2D eigenvalue weighted by Crippen LogP contribution is -2.50. The summed E-state index contributed by atoms with van der Waals surface area (Å²) in [5, 5.41) is 21.3. The van der Waals surface area contributed by atoms with Crippen molar-refractivity contribution >= 4 is 0 Å². The fraction of sp³-hybridized carbons (Fsp3) is 1.00. The molecule has 0 spiro atoms. The first-order valence-electron chi connectivity index (χ1n) is 9.44. The number of rotatable bonds is 16. The van der Waals surface area contributed by atoms with E-state index in [1.807, 2.05) is 0 Å². The summed E-state index contributed by atoms with van der Waals surface area (Å²) in [5.41, 5.74) is 0. The highest BCUT2D eigenvalue weighted by molar-refractivity contribution is 4.83. The van der Waals surface area contributed by atoms with Gasteiger partial charge in [-0.25, -0.2) is 0 Å². The van der Waals surface area contributed by atoms with Crippen LogP contribution in [0.5, 0.6) is 0 Å². The molecule has 156 valence electrons. The van der Waals surface area contributed by atoms with E-state index in [0.29, 0.717) is 46.2 Å². The van der Waals surface area contributed by atoms with Crippen LogP contribution >= 0.6 is 0 Å². The smallest absolute Gasteiger partial charge is 0.186 e. The fourth-order valence-corrected chi connectivity index (χ4v) is 2.53. The molecule has 0 radical (unpaired) electrons. The first-order valence-corrected chi connectivity index (χ1v) is 9.44. The van der Waals surface area contributed by atoms with Gasteiger partial charge in [-0.05, 0) is 0 Å². The molecule has 0 bridgehead atoms. The van der Waals surface area contributed by atoms with Gasteiger partial charge in [-0.15, -0.1) is 0 Å². The van der Waals surface area contributed by atoms with Crippen molar-refractivity contribution in [1.82, 2.24) is 0 Å². The van der Waals surface area contributed by atoms with Gasteiger partial charge in [-0.1, -0.05) is 0 Å². The molecule has 2 N–H and O–H groups in total. The minimum Gasteiger partial charge on any atom is -0.388 e. The minimum absolute atomic E-state index is 0.00676. The van der Waals surface area contributed by atoms with Gasteiger partial charge in [0.1, 0.15) is 42.7 Å². The van der Waals surface area contributed by atoms with Crippen LogP contribution in [0.3, 0.4) is 0 Å². The van der Waals surface area contributed by atoms with Gasteiger partial charge in [0, 0.05) is 0 Å². The summed E-state index contributed by atoms with van der Waals surface area (Å²) < 4.78 is 43.0. The van der Waals surface area contributed by atoms with Crippen molar-refractivity contribution in [1.29, 1.82) is 0 Å². The Morgan fingerprint density at radius 3 is 1.63 bits per heavy atom. The van der Waals surface area contributed by atoms with Crippen LogP contribution in [0.1, 0.15) is 0 Å². The predicted molar refractivity (Wildman–Crippen MR) is 87.2 cm³/mol. The lowest BCUT2D eigenvalue weighted by Gasteiger charge is -2.32. The van der Waals surface area contributed by atoms with Gasteiger partial charge >= 0.3 is 0 Å². The Morgan fingerprint density at radius 2 is 1.15 bits per heavy atom. The van der Waals surface area contributed by atoms with E-state index in [1.54, 1.807) is 0 Å². The molecular formula is C17H28O10. The zero-order valence-electron chi connectivity index (χ0n) is 15.1. The summed E-state index contributed by atoms with van der Waals surface area (Å²) >= 11 is 0. The van der Waals surface area contributed by atoms with Gasteiger partial charge in [-0.3, -0.25) is 0 Å². The molecule has 0 aliphatic carbocycles. The molecule has 4 saturated heterocycles. The van der Waals surface area contributed by atoms with Crippen LogP contribution in [-0.2, 0) is 37.9 Å². The molecule has 4 aliphatic heterocycles. The number of aliphatic hydroxyl groups is 2. The normalized spacial score (nSPS) is 35.3. The van der Waals surface area contributed by atoms with E-state index < -0.39 is 24.6 Å². The number of aliphatic hydroxyl groups excluding tert-OH is 2. The Labute approximate surface area is 157 Å². The average molecular weight is 392 g/mol. The molecule has 4 heterocycles. The van der Waals surface area contributed by atoms with Crippen LogP contribution < -0.4 is 0 Å². The van der Waals surface area contributed by atoms with Crippen molar-refractivity contribution in [2.75, 3.05) is 59.5 Å². The Hall–Kier alpha value is -0.400. The van der Waals surface area contributed by atoms with Crippen LogP contribution in [0, 0.1) is 0 Å². The van der Waals surface area contributed by atoms with Crippen molar-refractivity contribution < 1.29 is 48.1 Å². The van der Waals surface area contributed by atoms with Crippen molar-refractivity contribution in [3.63, 3.8) is 0 Å². The fourth-order valence-electron chi connectivity index (χ4n) is 2.53. The van der Waals surface area contributed by atoms with Crippen LogP contribution in [0.2, 0.25) is 0 Å². The third-order valence-electron chi connectivity index (χ3n) is 4.56. The molecular weight excluding hydrogens is 364 g/mol. The second-order valence-corrected chi connectivity index (χ2v) is 7.25. The van der Waals surface area contributed by atoms with Crippen LogP contribution in [0.4, 0.5) is 0 Å². The average Bonchev–Trinajstić information content (AvgIpc) is 3.46. The first-order chi connectivity index (χ1) is 13.2. The molecule has 0 saturated carbocycles. The van der Waals surface area contributed by atoms with Crippen molar-refractivity contribution in [2.45, 2.75) is 49.0 Å². The van der Waals surface area contributed by atoms with Gasteiger partial charge in [0.25, 0.3) is 0 Å². The van der Waals surface area contributed by atoms with E-state index in [0.717, 1.165) is 0 Å². The topological polar surface area (TPSA) is 128 Å². The van der Waals surface area contributed by atoms with E-state index in [1.165, 1.54) is 0 Å². The quantitative estimate of drug-likeness (QED) is 0.226. The number of hydrogen-bond donors (Lipinski definition) is 2. The van der Waals surface area contributed by atoms with E-state index in [9.17, 15) is 10.2 Å². The van der Waals surface area contributed by atoms with E-state index in [-0.39, 0.29) is 37.6 Å². The lowest BCUT2D eigenvalue weighted by atomic mass is 10.1. The summed E-state index contributed by atoms with van der Waals surface area (Å²) in [7, 11) is 0. The van der Waals surface area contributed by atoms with Crippen LogP contribution in [0.15, 0.2) is 0 Å². The van der Waals surface area contributed by atoms with Crippen molar-refractivity contribution in [3.05, 3.63) is 0 Å². The molecule has 0 aromatic carbocycles. The minimum atomic E-state index is -1.21. The molecule has 4 aliphatic rings. The number of epoxide rings is 4. The molecule has 10 nitrogen and oxygen atoms in total. The molecule has 4 fully saturated rings. The third-order valence-corrected chi connectivity index (χ3v) is 4.56. The van der Waals surface area contributed by atoms with Gasteiger partial charge in [0.05, 0.1) is 59.5 Å².